The molecule has 2 rings (SSSR count). The van der Waals surface area contributed by atoms with Crippen LogP contribution in [0.2, 0.25) is 0 Å². The highest BCUT2D eigenvalue weighted by Gasteiger charge is 2.20. The Morgan fingerprint density at radius 1 is 1.56 bits per heavy atom. The number of nitrogens with one attached hydrogen (secondary N) is 2. The molecule has 1 aromatic rings. The molecule has 1 atom stereocenters. The number of carbonyl (C=O) groups is 1. The maximum Gasteiger partial charge on any atom is 0.221 e. The van der Waals surface area contributed by atoms with Crippen LogP contribution in [-0.2, 0) is 11.3 Å². The van der Waals surface area contributed by atoms with E-state index in [0.29, 0.717) is 31.9 Å². The van der Waals surface area contributed by atoms with Crippen molar-refractivity contribution in [3.63, 3.8) is 0 Å². The summed E-state index contributed by atoms with van der Waals surface area (Å²) in [5.41, 5.74) is 1.02. The molecule has 1 heterocycles. The third-order valence-corrected chi connectivity index (χ3v) is 2.90. The summed E-state index contributed by atoms with van der Waals surface area (Å²) in [6, 6.07) is 5.47. The van der Waals surface area contributed by atoms with Crippen LogP contribution in [0.1, 0.15) is 18.9 Å². The summed E-state index contributed by atoms with van der Waals surface area (Å²) < 4.78 is 5.32. The summed E-state index contributed by atoms with van der Waals surface area (Å²) in [6.45, 7) is 3.72. The molecular formula is C13H18N2O3. The van der Waals surface area contributed by atoms with Gasteiger partial charge in [-0.15, -0.1) is 0 Å². The fourth-order valence-electron chi connectivity index (χ4n) is 1.95. The highest BCUT2D eigenvalue weighted by molar-refractivity contribution is 5.78. The molecule has 5 nitrogen and oxygen atoms in total. The van der Waals surface area contributed by atoms with Crippen LogP contribution in [-0.4, -0.2) is 30.2 Å². The Labute approximate surface area is 106 Å². The number of benzene rings is 1. The number of hydrogen-bond acceptors (Lipinski definition) is 4. The minimum Gasteiger partial charge on any atom is -0.504 e. The van der Waals surface area contributed by atoms with Crippen LogP contribution >= 0.6 is 0 Å². The average molecular weight is 250 g/mol. The standard InChI is InChI=1S/C13H18N2O3/c1-2-18-12-5-9(3-4-11(12)16)7-14-10-6-13(17)15-8-10/h3-5,10,14,16H,2,6-8H2,1H3,(H,15,17). The Balaban J connectivity index is 1.92. The zero-order chi connectivity index (χ0) is 13.0. The molecule has 1 amide bonds. The van der Waals surface area contributed by atoms with Crippen LogP contribution in [0.25, 0.3) is 0 Å². The third-order valence-electron chi connectivity index (χ3n) is 2.90. The van der Waals surface area contributed by atoms with Gasteiger partial charge >= 0.3 is 0 Å². The summed E-state index contributed by atoms with van der Waals surface area (Å²) in [7, 11) is 0. The fourth-order valence-corrected chi connectivity index (χ4v) is 1.95. The van der Waals surface area contributed by atoms with Crippen LogP contribution in [0.4, 0.5) is 0 Å². The molecule has 1 aromatic carbocycles. The summed E-state index contributed by atoms with van der Waals surface area (Å²) >= 11 is 0. The molecule has 1 saturated heterocycles. The van der Waals surface area contributed by atoms with Crippen molar-refractivity contribution in [2.24, 2.45) is 0 Å². The second-order valence-electron chi connectivity index (χ2n) is 4.32. The molecule has 1 aliphatic rings. The van der Waals surface area contributed by atoms with Crippen molar-refractivity contribution in [3.8, 4) is 11.5 Å². The number of ether oxygens (including phenoxy) is 1. The number of rotatable bonds is 5. The van der Waals surface area contributed by atoms with Crippen molar-refractivity contribution in [2.75, 3.05) is 13.2 Å². The molecule has 1 aliphatic heterocycles. The maximum atomic E-state index is 11.0. The molecule has 5 heteroatoms. The van der Waals surface area contributed by atoms with Crippen LogP contribution in [0, 0.1) is 0 Å². The van der Waals surface area contributed by atoms with Crippen molar-refractivity contribution < 1.29 is 14.6 Å². The van der Waals surface area contributed by atoms with Crippen LogP contribution in [0.15, 0.2) is 18.2 Å². The summed E-state index contributed by atoms with van der Waals surface area (Å²) in [4.78, 5) is 11.0. The quantitative estimate of drug-likeness (QED) is 0.722. The van der Waals surface area contributed by atoms with Gasteiger partial charge in [0.1, 0.15) is 0 Å². The predicted octanol–water partition coefficient (Wildman–Crippen LogP) is 0.769. The van der Waals surface area contributed by atoms with Crippen LogP contribution in [0.5, 0.6) is 11.5 Å². The van der Waals surface area contributed by atoms with Gasteiger partial charge in [0, 0.05) is 25.6 Å². The van der Waals surface area contributed by atoms with Crippen molar-refractivity contribution in [1.82, 2.24) is 10.6 Å². The van der Waals surface area contributed by atoms with E-state index in [1.54, 1.807) is 6.07 Å². The van der Waals surface area contributed by atoms with Gasteiger partial charge in [0.2, 0.25) is 5.91 Å². The van der Waals surface area contributed by atoms with Gasteiger partial charge in [0.15, 0.2) is 11.5 Å². The zero-order valence-electron chi connectivity index (χ0n) is 10.4. The lowest BCUT2D eigenvalue weighted by Crippen LogP contribution is -2.30. The fraction of sp³-hybridized carbons (Fsp3) is 0.462. The van der Waals surface area contributed by atoms with Gasteiger partial charge in [-0.3, -0.25) is 4.79 Å². The SMILES string of the molecule is CCOc1cc(CNC2CNC(=O)C2)ccc1O. The molecule has 0 aliphatic carbocycles. The first-order valence-electron chi connectivity index (χ1n) is 6.14. The second-order valence-corrected chi connectivity index (χ2v) is 4.32. The topological polar surface area (TPSA) is 70.6 Å². The molecule has 0 saturated carbocycles. The number of phenolic OH excluding ortho intramolecular Hbond substituents is 1. The van der Waals surface area contributed by atoms with Crippen molar-refractivity contribution >= 4 is 5.91 Å². The number of carbonyl (C=O) groups excluding carboxylic acids is 1. The first-order valence-corrected chi connectivity index (χ1v) is 6.14. The molecule has 0 bridgehead atoms. The zero-order valence-corrected chi connectivity index (χ0v) is 10.4. The normalized spacial score (nSPS) is 18.7. The molecule has 18 heavy (non-hydrogen) atoms. The van der Waals surface area contributed by atoms with Gasteiger partial charge in [-0.25, -0.2) is 0 Å². The highest BCUT2D eigenvalue weighted by atomic mass is 16.5. The van der Waals surface area contributed by atoms with Crippen molar-refractivity contribution in [2.45, 2.75) is 25.9 Å². The minimum atomic E-state index is 0.0909. The van der Waals surface area contributed by atoms with Gasteiger partial charge in [0.25, 0.3) is 0 Å². The number of hydrogen-bond donors (Lipinski definition) is 3. The second kappa shape index (κ2) is 5.73. The number of aromatic hydroxyl groups is 1. The van der Waals surface area contributed by atoms with E-state index in [1.807, 2.05) is 19.1 Å². The molecular weight excluding hydrogens is 232 g/mol. The predicted molar refractivity (Wildman–Crippen MR) is 67.5 cm³/mol. The molecule has 1 fully saturated rings. The number of amides is 1. The van der Waals surface area contributed by atoms with E-state index in [-0.39, 0.29) is 17.7 Å². The van der Waals surface area contributed by atoms with E-state index < -0.39 is 0 Å². The number of phenols is 1. The highest BCUT2D eigenvalue weighted by Crippen LogP contribution is 2.26. The van der Waals surface area contributed by atoms with E-state index in [4.69, 9.17) is 4.74 Å². The molecule has 98 valence electrons. The van der Waals surface area contributed by atoms with E-state index >= 15 is 0 Å². The Morgan fingerprint density at radius 2 is 2.39 bits per heavy atom. The summed E-state index contributed by atoms with van der Waals surface area (Å²) in [6.07, 6.45) is 0.524. The minimum absolute atomic E-state index is 0.0909. The van der Waals surface area contributed by atoms with Gasteiger partial charge in [-0.1, -0.05) is 6.07 Å². The molecule has 0 radical (unpaired) electrons. The van der Waals surface area contributed by atoms with Gasteiger partial charge < -0.3 is 20.5 Å². The molecule has 0 aromatic heterocycles. The average Bonchev–Trinajstić information content (AvgIpc) is 2.76. The smallest absolute Gasteiger partial charge is 0.221 e. The lowest BCUT2D eigenvalue weighted by molar-refractivity contribution is -0.119. The van der Waals surface area contributed by atoms with E-state index in [0.717, 1.165) is 5.56 Å². The summed E-state index contributed by atoms with van der Waals surface area (Å²) in [5.74, 6) is 0.740. The molecule has 0 spiro atoms. The van der Waals surface area contributed by atoms with Crippen molar-refractivity contribution in [1.29, 1.82) is 0 Å². The molecule has 1 unspecified atom stereocenters. The van der Waals surface area contributed by atoms with Crippen LogP contribution < -0.4 is 15.4 Å². The molecule has 3 N–H and O–H groups in total. The Kier molecular flexibility index (Phi) is 4.04. The van der Waals surface area contributed by atoms with E-state index in [2.05, 4.69) is 10.6 Å². The largest absolute Gasteiger partial charge is 0.504 e. The van der Waals surface area contributed by atoms with E-state index in [9.17, 15) is 9.90 Å². The lowest BCUT2D eigenvalue weighted by atomic mass is 10.1. The first-order chi connectivity index (χ1) is 8.69. The van der Waals surface area contributed by atoms with Crippen LogP contribution in [0.3, 0.4) is 0 Å². The first kappa shape index (κ1) is 12.7. The maximum absolute atomic E-state index is 11.0. The van der Waals surface area contributed by atoms with Gasteiger partial charge in [-0.05, 0) is 24.6 Å². The Hall–Kier alpha value is -1.75. The summed E-state index contributed by atoms with van der Waals surface area (Å²) in [5, 5.41) is 15.7. The lowest BCUT2D eigenvalue weighted by Gasteiger charge is -2.12. The Bertz CT molecular complexity index is 434. The van der Waals surface area contributed by atoms with Crippen molar-refractivity contribution in [3.05, 3.63) is 23.8 Å². The van der Waals surface area contributed by atoms with E-state index in [1.165, 1.54) is 0 Å². The van der Waals surface area contributed by atoms with Gasteiger partial charge in [0.05, 0.1) is 6.61 Å². The Morgan fingerprint density at radius 3 is 3.06 bits per heavy atom. The third kappa shape index (κ3) is 3.13. The monoisotopic (exact) mass is 250 g/mol. The van der Waals surface area contributed by atoms with Gasteiger partial charge in [-0.2, -0.15) is 0 Å².